The molecule has 0 amide bonds. The third-order valence-corrected chi connectivity index (χ3v) is 15.3. The summed E-state index contributed by atoms with van der Waals surface area (Å²) in [5.74, 6) is 3.11. The van der Waals surface area contributed by atoms with Gasteiger partial charge in [-0.2, -0.15) is 0 Å². The van der Waals surface area contributed by atoms with Crippen molar-refractivity contribution < 1.29 is 18.7 Å². The molecule has 7 rings (SSSR count). The van der Waals surface area contributed by atoms with Crippen LogP contribution in [0.4, 0.5) is 0 Å². The second kappa shape index (κ2) is 11.5. The first-order chi connectivity index (χ1) is 22.5. The molecule has 0 aliphatic heterocycles. The van der Waals surface area contributed by atoms with Crippen LogP contribution >= 0.6 is 11.6 Å². The SMILES string of the molecule is CC(=O)O[C@H]1CC[C@]2(C)[C@H]3CC[C@@H]4C5=C(C(C)C)C(=O)C[C@]5(Cc5nnc(Cc6ccc(Cl)cc6)o5)CC[C@@]4(C)[C@]3(C)CC[C@H]2C1(C)C. The van der Waals surface area contributed by atoms with E-state index in [2.05, 4.69) is 58.7 Å². The Morgan fingerprint density at radius 3 is 2.31 bits per heavy atom. The van der Waals surface area contributed by atoms with Crippen LogP contribution in [-0.2, 0) is 27.2 Å². The van der Waals surface area contributed by atoms with Crippen LogP contribution in [-0.4, -0.2) is 28.1 Å². The van der Waals surface area contributed by atoms with E-state index in [0.717, 1.165) is 49.7 Å². The number of hydrogen-bond acceptors (Lipinski definition) is 6. The molecule has 260 valence electrons. The molecule has 4 saturated carbocycles. The molecular weight excluding hydrogens is 620 g/mol. The summed E-state index contributed by atoms with van der Waals surface area (Å²) in [5.41, 5.74) is 3.77. The quantitative estimate of drug-likeness (QED) is 0.284. The zero-order valence-electron chi connectivity index (χ0n) is 30.4. The molecule has 1 aromatic heterocycles. The normalized spacial score (nSPS) is 38.7. The first-order valence-corrected chi connectivity index (χ1v) is 18.9. The summed E-state index contributed by atoms with van der Waals surface area (Å²) in [5, 5.41) is 9.71. The molecule has 0 radical (unpaired) electrons. The fourth-order valence-corrected chi connectivity index (χ4v) is 13.0. The highest BCUT2D eigenvalue weighted by Crippen LogP contribution is 2.77. The highest BCUT2D eigenvalue weighted by Gasteiger charge is 2.70. The average Bonchev–Trinajstić information content (AvgIpc) is 3.56. The number of esters is 1. The molecule has 0 spiro atoms. The Balaban J connectivity index is 1.21. The van der Waals surface area contributed by atoms with Crippen LogP contribution in [0.2, 0.25) is 5.02 Å². The number of rotatable bonds is 6. The van der Waals surface area contributed by atoms with Gasteiger partial charge in [0.05, 0.1) is 6.42 Å². The van der Waals surface area contributed by atoms with E-state index < -0.39 is 0 Å². The second-order valence-electron chi connectivity index (χ2n) is 18.0. The summed E-state index contributed by atoms with van der Waals surface area (Å²) in [6.45, 7) is 18.5. The molecule has 5 aliphatic rings. The second-order valence-corrected chi connectivity index (χ2v) is 18.4. The molecule has 1 heterocycles. The third kappa shape index (κ3) is 5.00. The van der Waals surface area contributed by atoms with Crippen LogP contribution in [0.1, 0.15) is 131 Å². The van der Waals surface area contributed by atoms with Crippen molar-refractivity contribution in [3.05, 3.63) is 57.8 Å². The number of ether oxygens (including phenoxy) is 1. The first kappa shape index (κ1) is 34.0. The van der Waals surface area contributed by atoms with Gasteiger partial charge in [-0.15, -0.1) is 10.2 Å². The largest absolute Gasteiger partial charge is 0.462 e. The minimum atomic E-state index is -0.251. The highest BCUT2D eigenvalue weighted by molar-refractivity contribution is 6.30. The lowest BCUT2D eigenvalue weighted by Gasteiger charge is -2.72. The summed E-state index contributed by atoms with van der Waals surface area (Å²) in [6, 6.07) is 7.76. The van der Waals surface area contributed by atoms with Gasteiger partial charge in [-0.05, 0) is 115 Å². The molecule has 2 aromatic rings. The highest BCUT2D eigenvalue weighted by atomic mass is 35.5. The molecule has 8 atom stereocenters. The van der Waals surface area contributed by atoms with Crippen LogP contribution in [0, 0.1) is 50.7 Å². The van der Waals surface area contributed by atoms with E-state index in [1.54, 1.807) is 6.92 Å². The van der Waals surface area contributed by atoms with Crippen molar-refractivity contribution in [2.24, 2.45) is 50.7 Å². The molecule has 0 N–H and O–H groups in total. The average molecular weight is 675 g/mol. The van der Waals surface area contributed by atoms with Gasteiger partial charge in [0.25, 0.3) is 0 Å². The number of fused-ring (bicyclic) bond motifs is 7. The zero-order chi connectivity index (χ0) is 34.4. The number of halogens is 1. The Morgan fingerprint density at radius 1 is 0.917 bits per heavy atom. The van der Waals surface area contributed by atoms with Gasteiger partial charge in [0, 0.05) is 35.6 Å². The van der Waals surface area contributed by atoms with Gasteiger partial charge in [-0.3, -0.25) is 9.59 Å². The van der Waals surface area contributed by atoms with E-state index in [-0.39, 0.29) is 45.1 Å². The Morgan fingerprint density at radius 2 is 1.62 bits per heavy atom. The lowest BCUT2D eigenvalue weighted by molar-refractivity contribution is -0.232. The van der Waals surface area contributed by atoms with Crippen LogP contribution in [0.25, 0.3) is 0 Å². The molecule has 7 heteroatoms. The lowest BCUT2D eigenvalue weighted by atomic mass is 9.33. The number of carbonyl (C=O) groups is 2. The molecule has 4 fully saturated rings. The summed E-state index contributed by atoms with van der Waals surface area (Å²) in [7, 11) is 0. The number of carbonyl (C=O) groups excluding carboxylic acids is 2. The van der Waals surface area contributed by atoms with Crippen molar-refractivity contribution in [2.45, 2.75) is 132 Å². The van der Waals surface area contributed by atoms with E-state index in [1.165, 1.54) is 18.4 Å². The summed E-state index contributed by atoms with van der Waals surface area (Å²) >= 11 is 6.10. The van der Waals surface area contributed by atoms with Crippen LogP contribution in [0.3, 0.4) is 0 Å². The molecule has 48 heavy (non-hydrogen) atoms. The predicted octanol–water partition coefficient (Wildman–Crippen LogP) is 9.77. The van der Waals surface area contributed by atoms with Gasteiger partial charge in [0.2, 0.25) is 11.8 Å². The summed E-state index contributed by atoms with van der Waals surface area (Å²) in [6.07, 6.45) is 10.5. The summed E-state index contributed by atoms with van der Waals surface area (Å²) in [4.78, 5) is 26.1. The van der Waals surface area contributed by atoms with Crippen molar-refractivity contribution in [1.82, 2.24) is 10.2 Å². The van der Waals surface area contributed by atoms with Gasteiger partial charge < -0.3 is 9.15 Å². The van der Waals surface area contributed by atoms with Gasteiger partial charge in [-0.25, -0.2) is 0 Å². The number of aromatic nitrogens is 2. The van der Waals surface area contributed by atoms with E-state index in [9.17, 15) is 9.59 Å². The van der Waals surface area contributed by atoms with Crippen LogP contribution in [0.15, 0.2) is 39.8 Å². The number of Topliss-reactive ketones (excluding diaryl/α,β-unsaturated/α-hetero) is 1. The van der Waals surface area contributed by atoms with Gasteiger partial charge in [0.15, 0.2) is 5.78 Å². The molecule has 6 nitrogen and oxygen atoms in total. The van der Waals surface area contributed by atoms with Crippen molar-refractivity contribution in [3.8, 4) is 0 Å². The van der Waals surface area contributed by atoms with Crippen LogP contribution < -0.4 is 0 Å². The Labute approximate surface area is 292 Å². The smallest absolute Gasteiger partial charge is 0.302 e. The zero-order valence-corrected chi connectivity index (χ0v) is 31.1. The van der Waals surface area contributed by atoms with Crippen molar-refractivity contribution in [1.29, 1.82) is 0 Å². The van der Waals surface area contributed by atoms with E-state index in [4.69, 9.17) is 20.8 Å². The van der Waals surface area contributed by atoms with Gasteiger partial charge >= 0.3 is 5.97 Å². The van der Waals surface area contributed by atoms with Gasteiger partial charge in [0.1, 0.15) is 6.10 Å². The number of nitrogens with zero attached hydrogens (tertiary/aromatic N) is 2. The number of benzene rings is 1. The molecular formula is C41H55ClN2O4. The Bertz CT molecular complexity index is 1640. The van der Waals surface area contributed by atoms with Crippen molar-refractivity contribution in [2.75, 3.05) is 0 Å². The molecule has 5 aliphatic carbocycles. The maximum Gasteiger partial charge on any atom is 0.302 e. The predicted molar refractivity (Wildman–Crippen MR) is 187 cm³/mol. The third-order valence-electron chi connectivity index (χ3n) is 15.1. The van der Waals surface area contributed by atoms with E-state index in [0.29, 0.717) is 59.6 Å². The van der Waals surface area contributed by atoms with Crippen LogP contribution in [0.5, 0.6) is 0 Å². The van der Waals surface area contributed by atoms with E-state index in [1.807, 2.05) is 24.3 Å². The fraction of sp³-hybridized carbons (Fsp3) is 0.707. The number of ketones is 1. The molecule has 0 saturated heterocycles. The maximum absolute atomic E-state index is 14.0. The molecule has 1 aromatic carbocycles. The lowest BCUT2D eigenvalue weighted by Crippen LogP contribution is -2.65. The maximum atomic E-state index is 14.0. The first-order valence-electron chi connectivity index (χ1n) is 18.5. The minimum Gasteiger partial charge on any atom is -0.462 e. The van der Waals surface area contributed by atoms with Gasteiger partial charge in [-0.1, -0.05) is 77.8 Å². The Kier molecular flexibility index (Phi) is 8.17. The monoisotopic (exact) mass is 674 g/mol. The van der Waals surface area contributed by atoms with Crippen molar-refractivity contribution in [3.63, 3.8) is 0 Å². The molecule has 0 unspecified atom stereocenters. The summed E-state index contributed by atoms with van der Waals surface area (Å²) < 4.78 is 12.3. The minimum absolute atomic E-state index is 0.0145. The number of allylic oxidation sites excluding steroid dienone is 2. The number of hydrogen-bond donors (Lipinski definition) is 0. The fourth-order valence-electron chi connectivity index (χ4n) is 12.8. The topological polar surface area (TPSA) is 82.3 Å². The Hall–Kier alpha value is -2.47. The standard InChI is InChI=1S/C41H55ClN2O4/c1-24(2)35-29(46)22-41(23-34-44-43-33(48-34)21-26-9-11-27(42)12-10-26)20-19-39(7)28(36(35)41)13-14-31-38(6)17-16-32(47-25(3)45)37(4,5)30(38)15-18-40(31,39)8/h9-12,24,28,30-32H,13-23H2,1-8H3/t28-,30+,31-,32+,38+,39-,40-,41+/m1/s1. The van der Waals surface area contributed by atoms with Crippen molar-refractivity contribution >= 4 is 23.4 Å². The molecule has 0 bridgehead atoms. The van der Waals surface area contributed by atoms with E-state index >= 15 is 0 Å².